The van der Waals surface area contributed by atoms with E-state index in [2.05, 4.69) is 4.68 Å². The van der Waals surface area contributed by atoms with Crippen LogP contribution >= 0.6 is 0 Å². The van der Waals surface area contributed by atoms with Gasteiger partial charge in [-0.15, -0.1) is 0 Å². The fraction of sp³-hybridized carbons (Fsp3) is 0.750. The van der Waals surface area contributed by atoms with Crippen LogP contribution in [0.5, 0.6) is 0 Å². The molecule has 0 radical (unpaired) electrons. The molecule has 0 atom stereocenters. The summed E-state index contributed by atoms with van der Waals surface area (Å²) < 4.78 is 2.20. The van der Waals surface area contributed by atoms with Crippen molar-refractivity contribution >= 4 is 0 Å². The zero-order chi connectivity index (χ0) is 10.3. The zero-order valence-electron chi connectivity index (χ0n) is 9.21. The van der Waals surface area contributed by atoms with E-state index in [-0.39, 0.29) is 0 Å². The fourth-order valence-electron chi connectivity index (χ4n) is 2.74. The minimum atomic E-state index is 0.709. The Balaban J connectivity index is 2.01. The molecule has 1 aromatic heterocycles. The van der Waals surface area contributed by atoms with E-state index in [1.165, 1.54) is 49.9 Å². The molecule has 0 aliphatic heterocycles. The molecule has 0 amide bonds. The summed E-state index contributed by atoms with van der Waals surface area (Å²) >= 11 is 0. The van der Waals surface area contributed by atoms with Crippen LogP contribution in [0.25, 0.3) is 0 Å². The van der Waals surface area contributed by atoms with Crippen LogP contribution in [0.2, 0.25) is 0 Å². The molecule has 0 bridgehead atoms. The fourth-order valence-corrected chi connectivity index (χ4v) is 2.74. The third-order valence-electron chi connectivity index (χ3n) is 3.57. The molecule has 1 fully saturated rings. The summed E-state index contributed by atoms with van der Waals surface area (Å²) in [7, 11) is 0. The second kappa shape index (κ2) is 3.63. The molecule has 2 aliphatic rings. The van der Waals surface area contributed by atoms with Crippen molar-refractivity contribution in [2.24, 2.45) is 5.73 Å². The Kier molecular flexibility index (Phi) is 2.28. The monoisotopic (exact) mass is 205 g/mol. The van der Waals surface area contributed by atoms with Gasteiger partial charge in [-0.25, -0.2) is 0 Å². The van der Waals surface area contributed by atoms with Gasteiger partial charge in [0.1, 0.15) is 0 Å². The van der Waals surface area contributed by atoms with Crippen molar-refractivity contribution in [1.29, 1.82) is 0 Å². The number of aryl methyl sites for hydroxylation is 1. The number of nitrogens with zero attached hydrogens (tertiary/aromatic N) is 2. The van der Waals surface area contributed by atoms with Crippen LogP contribution < -0.4 is 5.73 Å². The van der Waals surface area contributed by atoms with E-state index in [9.17, 15) is 0 Å². The second-order valence-corrected chi connectivity index (χ2v) is 4.80. The van der Waals surface area contributed by atoms with Gasteiger partial charge in [0.15, 0.2) is 0 Å². The molecule has 0 saturated heterocycles. The zero-order valence-corrected chi connectivity index (χ0v) is 9.21. The van der Waals surface area contributed by atoms with E-state index in [1.807, 2.05) is 0 Å². The SMILES string of the molecule is NCCn1nc2c(c1C1CC1)CCCC2. The van der Waals surface area contributed by atoms with Crippen LogP contribution in [0.3, 0.4) is 0 Å². The summed E-state index contributed by atoms with van der Waals surface area (Å²) in [5, 5.41) is 4.74. The molecular weight excluding hydrogens is 186 g/mol. The number of hydrogen-bond donors (Lipinski definition) is 1. The standard InChI is InChI=1S/C12H19N3/c13-7-8-15-12(9-5-6-9)10-3-1-2-4-11(10)14-15/h9H,1-8,13H2. The molecule has 3 heteroatoms. The predicted molar refractivity (Wildman–Crippen MR) is 59.9 cm³/mol. The topological polar surface area (TPSA) is 43.8 Å². The Morgan fingerprint density at radius 2 is 2.07 bits per heavy atom. The quantitative estimate of drug-likeness (QED) is 0.814. The third-order valence-corrected chi connectivity index (χ3v) is 3.57. The molecule has 82 valence electrons. The highest BCUT2D eigenvalue weighted by Crippen LogP contribution is 2.43. The molecule has 1 saturated carbocycles. The number of rotatable bonds is 3. The van der Waals surface area contributed by atoms with E-state index >= 15 is 0 Å². The maximum Gasteiger partial charge on any atom is 0.0659 e. The van der Waals surface area contributed by atoms with E-state index in [1.54, 1.807) is 5.56 Å². The number of nitrogens with two attached hydrogens (primary N) is 1. The van der Waals surface area contributed by atoms with Crippen molar-refractivity contribution in [3.05, 3.63) is 17.0 Å². The summed E-state index contributed by atoms with van der Waals surface area (Å²) in [6.45, 7) is 1.61. The molecule has 3 nitrogen and oxygen atoms in total. The van der Waals surface area contributed by atoms with Gasteiger partial charge in [0.25, 0.3) is 0 Å². The maximum absolute atomic E-state index is 5.65. The second-order valence-electron chi connectivity index (χ2n) is 4.80. The Morgan fingerprint density at radius 3 is 2.80 bits per heavy atom. The van der Waals surface area contributed by atoms with Gasteiger partial charge in [-0.2, -0.15) is 5.10 Å². The van der Waals surface area contributed by atoms with Crippen molar-refractivity contribution < 1.29 is 0 Å². The van der Waals surface area contributed by atoms with E-state index < -0.39 is 0 Å². The highest BCUT2D eigenvalue weighted by Gasteiger charge is 2.32. The van der Waals surface area contributed by atoms with Crippen molar-refractivity contribution in [1.82, 2.24) is 9.78 Å². The first-order valence-electron chi connectivity index (χ1n) is 6.18. The van der Waals surface area contributed by atoms with Gasteiger partial charge < -0.3 is 5.73 Å². The van der Waals surface area contributed by atoms with Crippen LogP contribution in [0.15, 0.2) is 0 Å². The van der Waals surface area contributed by atoms with Crippen LogP contribution in [0.4, 0.5) is 0 Å². The molecule has 1 heterocycles. The first-order chi connectivity index (χ1) is 7.40. The normalized spacial score (nSPS) is 20.3. The summed E-state index contributed by atoms with van der Waals surface area (Å²) in [5.41, 5.74) is 10.1. The van der Waals surface area contributed by atoms with Crippen molar-refractivity contribution in [2.75, 3.05) is 6.54 Å². The van der Waals surface area contributed by atoms with Gasteiger partial charge >= 0.3 is 0 Å². The van der Waals surface area contributed by atoms with E-state index in [0.29, 0.717) is 6.54 Å². The van der Waals surface area contributed by atoms with Crippen molar-refractivity contribution in [3.8, 4) is 0 Å². The van der Waals surface area contributed by atoms with Gasteiger partial charge in [-0.3, -0.25) is 4.68 Å². The number of fused-ring (bicyclic) bond motifs is 1. The third kappa shape index (κ3) is 1.59. The van der Waals surface area contributed by atoms with E-state index in [0.717, 1.165) is 12.5 Å². The smallest absolute Gasteiger partial charge is 0.0659 e. The Hall–Kier alpha value is -0.830. The van der Waals surface area contributed by atoms with Gasteiger partial charge in [0, 0.05) is 18.2 Å². The minimum absolute atomic E-state index is 0.709. The molecule has 1 aromatic rings. The van der Waals surface area contributed by atoms with Crippen molar-refractivity contribution in [2.45, 2.75) is 51.0 Å². The lowest BCUT2D eigenvalue weighted by Crippen LogP contribution is -2.13. The predicted octanol–water partition coefficient (Wildman–Crippen LogP) is 1.60. The van der Waals surface area contributed by atoms with Crippen LogP contribution in [0.1, 0.15) is 48.6 Å². The number of aromatic nitrogens is 2. The average molecular weight is 205 g/mol. The molecule has 2 aliphatic carbocycles. The molecule has 0 spiro atoms. The summed E-state index contributed by atoms with van der Waals surface area (Å²) in [4.78, 5) is 0. The van der Waals surface area contributed by atoms with Gasteiger partial charge in [0.05, 0.1) is 12.2 Å². The maximum atomic E-state index is 5.65. The van der Waals surface area contributed by atoms with Gasteiger partial charge in [-0.1, -0.05) is 0 Å². The Labute approximate surface area is 90.7 Å². The minimum Gasteiger partial charge on any atom is -0.329 e. The lowest BCUT2D eigenvalue weighted by Gasteiger charge is -2.11. The lowest BCUT2D eigenvalue weighted by atomic mass is 9.94. The lowest BCUT2D eigenvalue weighted by molar-refractivity contribution is 0.586. The first kappa shape index (κ1) is 9.40. The molecule has 3 rings (SSSR count). The summed E-state index contributed by atoms with van der Waals surface area (Å²) in [5.74, 6) is 0.811. The molecule has 2 N–H and O–H groups in total. The first-order valence-corrected chi connectivity index (χ1v) is 6.18. The van der Waals surface area contributed by atoms with Crippen LogP contribution in [-0.2, 0) is 19.4 Å². The van der Waals surface area contributed by atoms with Crippen LogP contribution in [0, 0.1) is 0 Å². The number of hydrogen-bond acceptors (Lipinski definition) is 2. The van der Waals surface area contributed by atoms with Gasteiger partial charge in [-0.05, 0) is 44.1 Å². The molecule has 0 aromatic carbocycles. The average Bonchev–Trinajstić information content (AvgIpc) is 3.01. The molecule has 0 unspecified atom stereocenters. The Bertz CT molecular complexity index is 363. The summed E-state index contributed by atoms with van der Waals surface area (Å²) in [6, 6.07) is 0. The summed E-state index contributed by atoms with van der Waals surface area (Å²) in [6.07, 6.45) is 7.83. The largest absolute Gasteiger partial charge is 0.329 e. The van der Waals surface area contributed by atoms with E-state index in [4.69, 9.17) is 10.8 Å². The van der Waals surface area contributed by atoms with Crippen LogP contribution in [-0.4, -0.2) is 16.3 Å². The van der Waals surface area contributed by atoms with Gasteiger partial charge in [0.2, 0.25) is 0 Å². The Morgan fingerprint density at radius 1 is 1.27 bits per heavy atom. The molecule has 15 heavy (non-hydrogen) atoms. The van der Waals surface area contributed by atoms with Crippen molar-refractivity contribution in [3.63, 3.8) is 0 Å². The highest BCUT2D eigenvalue weighted by atomic mass is 15.3. The highest BCUT2D eigenvalue weighted by molar-refractivity contribution is 5.33. The molecular formula is C12H19N3.